The van der Waals surface area contributed by atoms with Crippen LogP contribution in [0.5, 0.6) is 0 Å². The van der Waals surface area contributed by atoms with E-state index in [1.54, 1.807) is 0 Å². The summed E-state index contributed by atoms with van der Waals surface area (Å²) in [6, 6.07) is 0. The molecule has 0 aromatic heterocycles. The monoisotopic (exact) mass is 199 g/mol. The van der Waals surface area contributed by atoms with Gasteiger partial charge in [0.15, 0.2) is 0 Å². The zero-order chi connectivity index (χ0) is 11.0. The highest BCUT2D eigenvalue weighted by Gasteiger charge is 2.14. The Morgan fingerprint density at radius 3 is 2.64 bits per heavy atom. The van der Waals surface area contributed by atoms with Gasteiger partial charge in [0.2, 0.25) is 5.91 Å². The van der Waals surface area contributed by atoms with E-state index < -0.39 is 5.97 Å². The molecular formula is C9H13NO4. The Kier molecular flexibility index (Phi) is 6.16. The number of methoxy groups -OCH3 is 1. The number of rotatable bonds is 6. The molecule has 0 saturated carbocycles. The lowest BCUT2D eigenvalue weighted by atomic mass is 10.3. The van der Waals surface area contributed by atoms with Crippen LogP contribution in [0.1, 0.15) is 6.42 Å². The van der Waals surface area contributed by atoms with Gasteiger partial charge in [0.1, 0.15) is 6.54 Å². The van der Waals surface area contributed by atoms with Crippen molar-refractivity contribution >= 4 is 11.9 Å². The first kappa shape index (κ1) is 12.5. The zero-order valence-electron chi connectivity index (χ0n) is 8.02. The van der Waals surface area contributed by atoms with Crippen LogP contribution < -0.4 is 0 Å². The summed E-state index contributed by atoms with van der Waals surface area (Å²) in [6.45, 7) is -0.0961. The molecule has 1 N–H and O–H groups in total. The lowest BCUT2D eigenvalue weighted by Gasteiger charge is -2.17. The molecule has 14 heavy (non-hydrogen) atoms. The van der Waals surface area contributed by atoms with Crippen molar-refractivity contribution in [1.29, 1.82) is 0 Å². The Hall–Kier alpha value is -1.54. The molecule has 0 spiro atoms. The summed E-state index contributed by atoms with van der Waals surface area (Å²) in [5.41, 5.74) is 0. The summed E-state index contributed by atoms with van der Waals surface area (Å²) in [5, 5.41) is 8.49. The number of carbonyl (C=O) groups is 2. The fourth-order valence-electron chi connectivity index (χ4n) is 0.853. The Labute approximate surface area is 82.6 Å². The highest BCUT2D eigenvalue weighted by atomic mass is 16.5. The summed E-state index contributed by atoms with van der Waals surface area (Å²) >= 11 is 0. The van der Waals surface area contributed by atoms with Gasteiger partial charge in [-0.3, -0.25) is 9.59 Å². The highest BCUT2D eigenvalue weighted by molar-refractivity contribution is 5.81. The number of amides is 1. The largest absolute Gasteiger partial charge is 0.480 e. The summed E-state index contributed by atoms with van der Waals surface area (Å²) in [7, 11) is 1.47. The molecule has 0 rings (SSSR count). The maximum absolute atomic E-state index is 11.3. The Balaban J connectivity index is 4.12. The Morgan fingerprint density at radius 1 is 1.57 bits per heavy atom. The molecule has 0 aliphatic rings. The molecule has 1 amide bonds. The third kappa shape index (κ3) is 5.17. The van der Waals surface area contributed by atoms with Crippen molar-refractivity contribution in [2.24, 2.45) is 0 Å². The van der Waals surface area contributed by atoms with Crippen molar-refractivity contribution in [1.82, 2.24) is 4.90 Å². The molecule has 0 bridgehead atoms. The molecule has 0 heterocycles. The number of hydrogen-bond acceptors (Lipinski definition) is 3. The molecule has 0 atom stereocenters. The normalized spacial score (nSPS) is 9.14. The van der Waals surface area contributed by atoms with E-state index in [9.17, 15) is 9.59 Å². The van der Waals surface area contributed by atoms with E-state index in [-0.39, 0.29) is 32.0 Å². The summed E-state index contributed by atoms with van der Waals surface area (Å²) < 4.78 is 4.70. The predicted octanol–water partition coefficient (Wildman–Crippen LogP) is -0.431. The van der Waals surface area contributed by atoms with Gasteiger partial charge >= 0.3 is 5.97 Å². The first-order valence-corrected chi connectivity index (χ1v) is 4.03. The zero-order valence-corrected chi connectivity index (χ0v) is 8.02. The van der Waals surface area contributed by atoms with Gasteiger partial charge in [-0.2, -0.15) is 0 Å². The molecule has 0 radical (unpaired) electrons. The number of carboxylic acid groups (broad SMARTS) is 1. The molecule has 5 heteroatoms. The maximum Gasteiger partial charge on any atom is 0.323 e. The average molecular weight is 199 g/mol. The van der Waals surface area contributed by atoms with E-state index in [1.165, 1.54) is 7.11 Å². The van der Waals surface area contributed by atoms with Gasteiger partial charge in [-0.25, -0.2) is 0 Å². The second-order valence-corrected chi connectivity index (χ2v) is 2.59. The molecule has 0 aromatic carbocycles. The van der Waals surface area contributed by atoms with E-state index in [1.807, 2.05) is 0 Å². The number of carboxylic acids is 1. The van der Waals surface area contributed by atoms with Crippen LogP contribution in [0.3, 0.4) is 0 Å². The van der Waals surface area contributed by atoms with E-state index in [4.69, 9.17) is 16.3 Å². The van der Waals surface area contributed by atoms with Crippen LogP contribution in [0, 0.1) is 12.3 Å². The van der Waals surface area contributed by atoms with Crippen molar-refractivity contribution in [3.8, 4) is 12.3 Å². The van der Waals surface area contributed by atoms with Gasteiger partial charge < -0.3 is 14.7 Å². The van der Waals surface area contributed by atoms with Crippen LogP contribution in [-0.2, 0) is 14.3 Å². The lowest BCUT2D eigenvalue weighted by molar-refractivity contribution is -0.144. The number of aliphatic carboxylic acids is 1. The van der Waals surface area contributed by atoms with E-state index in [0.29, 0.717) is 0 Å². The molecule has 5 nitrogen and oxygen atoms in total. The van der Waals surface area contributed by atoms with Crippen LogP contribution in [0.2, 0.25) is 0 Å². The highest BCUT2D eigenvalue weighted by Crippen LogP contribution is 1.94. The fraction of sp³-hybridized carbons (Fsp3) is 0.556. The van der Waals surface area contributed by atoms with Crippen molar-refractivity contribution in [3.05, 3.63) is 0 Å². The van der Waals surface area contributed by atoms with Gasteiger partial charge in [0.25, 0.3) is 0 Å². The van der Waals surface area contributed by atoms with Crippen molar-refractivity contribution in [2.75, 3.05) is 26.8 Å². The van der Waals surface area contributed by atoms with E-state index in [2.05, 4.69) is 5.92 Å². The van der Waals surface area contributed by atoms with Crippen LogP contribution in [0.15, 0.2) is 0 Å². The molecule has 0 aliphatic carbocycles. The minimum Gasteiger partial charge on any atom is -0.480 e. The SMILES string of the molecule is C#CCN(CC(=O)O)C(=O)CCOC. The van der Waals surface area contributed by atoms with Gasteiger partial charge in [0.05, 0.1) is 19.6 Å². The van der Waals surface area contributed by atoms with E-state index in [0.717, 1.165) is 4.90 Å². The van der Waals surface area contributed by atoms with Crippen LogP contribution >= 0.6 is 0 Å². The molecule has 0 fully saturated rings. The maximum atomic E-state index is 11.3. The standard InChI is InChI=1S/C9H13NO4/c1-3-5-10(7-9(12)13)8(11)4-6-14-2/h1H,4-7H2,2H3,(H,12,13). The van der Waals surface area contributed by atoms with Gasteiger partial charge in [-0.05, 0) is 0 Å². The van der Waals surface area contributed by atoms with Crippen molar-refractivity contribution in [3.63, 3.8) is 0 Å². The average Bonchev–Trinajstić information content (AvgIpc) is 2.13. The van der Waals surface area contributed by atoms with Crippen molar-refractivity contribution < 1.29 is 19.4 Å². The summed E-state index contributed by atoms with van der Waals surface area (Å²) in [4.78, 5) is 22.8. The number of hydrogen-bond donors (Lipinski definition) is 1. The minimum absolute atomic E-state index is 0.00878. The first-order valence-electron chi connectivity index (χ1n) is 4.03. The number of terminal acetylenes is 1. The Bertz CT molecular complexity index is 244. The predicted molar refractivity (Wildman–Crippen MR) is 49.5 cm³/mol. The number of nitrogens with zero attached hydrogens (tertiary/aromatic N) is 1. The third-order valence-electron chi connectivity index (χ3n) is 1.48. The number of carbonyl (C=O) groups excluding carboxylic acids is 1. The lowest BCUT2D eigenvalue weighted by Crippen LogP contribution is -2.36. The van der Waals surface area contributed by atoms with E-state index >= 15 is 0 Å². The fourth-order valence-corrected chi connectivity index (χ4v) is 0.853. The third-order valence-corrected chi connectivity index (χ3v) is 1.48. The second kappa shape index (κ2) is 6.92. The minimum atomic E-state index is -1.08. The van der Waals surface area contributed by atoms with Crippen LogP contribution in [0.4, 0.5) is 0 Å². The van der Waals surface area contributed by atoms with Crippen LogP contribution in [0.25, 0.3) is 0 Å². The molecule has 0 aliphatic heterocycles. The molecule has 78 valence electrons. The van der Waals surface area contributed by atoms with Crippen molar-refractivity contribution in [2.45, 2.75) is 6.42 Å². The second-order valence-electron chi connectivity index (χ2n) is 2.59. The molecule has 0 aromatic rings. The summed E-state index contributed by atoms with van der Waals surface area (Å²) in [5.74, 6) is 0.841. The van der Waals surface area contributed by atoms with Gasteiger partial charge in [-0.1, -0.05) is 5.92 Å². The quantitative estimate of drug-likeness (QED) is 0.589. The Morgan fingerprint density at radius 2 is 2.21 bits per heavy atom. The smallest absolute Gasteiger partial charge is 0.323 e. The first-order chi connectivity index (χ1) is 6.61. The molecule has 0 unspecified atom stereocenters. The van der Waals surface area contributed by atoms with Gasteiger partial charge in [-0.15, -0.1) is 6.42 Å². The van der Waals surface area contributed by atoms with Gasteiger partial charge in [0, 0.05) is 7.11 Å². The topological polar surface area (TPSA) is 66.8 Å². The summed E-state index contributed by atoms with van der Waals surface area (Å²) in [6.07, 6.45) is 5.15. The molecular weight excluding hydrogens is 186 g/mol. The van der Waals surface area contributed by atoms with Crippen LogP contribution in [-0.4, -0.2) is 48.7 Å². The molecule has 0 saturated heterocycles. The number of ether oxygens (including phenoxy) is 1.